The molecule has 0 aliphatic rings. The fraction of sp³-hybridized carbons (Fsp3) is 0.200. The first-order valence-electron chi connectivity index (χ1n) is 9.58. The van der Waals surface area contributed by atoms with Crippen LogP contribution in [0, 0.1) is 9.54 Å². The van der Waals surface area contributed by atoms with Crippen molar-refractivity contribution in [2.45, 2.75) is 24.4 Å². The molecule has 4 atom stereocenters. The van der Waals surface area contributed by atoms with Gasteiger partial charge in [-0.1, -0.05) is 36.4 Å². The minimum Gasteiger partial charge on any atom is -0.387 e. The molecule has 2 heterocycles. The van der Waals surface area contributed by atoms with E-state index in [1.165, 1.54) is 9.13 Å². The van der Waals surface area contributed by atoms with Crippen LogP contribution < -0.4 is 0 Å². The molecule has 0 unspecified atom stereocenters. The lowest BCUT2D eigenvalue weighted by atomic mass is 10.0. The number of aromatic nitrogens is 6. The van der Waals surface area contributed by atoms with Crippen LogP contribution in [0.1, 0.15) is 23.9 Å². The Morgan fingerprint density at radius 2 is 0.969 bits per heavy atom. The van der Waals surface area contributed by atoms with Crippen LogP contribution in [0.4, 0.5) is 0 Å². The summed E-state index contributed by atoms with van der Waals surface area (Å²) in [4.78, 5) is 0. The van der Waals surface area contributed by atoms with Crippen LogP contribution in [0.2, 0.25) is 0 Å². The fourth-order valence-electron chi connectivity index (χ4n) is 3.35. The second kappa shape index (κ2) is 9.24. The van der Waals surface area contributed by atoms with Crippen molar-refractivity contribution in [2.24, 2.45) is 0 Å². The summed E-state index contributed by atoms with van der Waals surface area (Å²) in [6, 6.07) is 17.7. The maximum atomic E-state index is 10.8. The second-order valence-corrected chi connectivity index (χ2v) is 7.76. The lowest BCUT2D eigenvalue weighted by Gasteiger charge is -2.26. The van der Waals surface area contributed by atoms with Crippen molar-refractivity contribution in [2.75, 3.05) is 0 Å². The van der Waals surface area contributed by atoms with Gasteiger partial charge < -0.3 is 20.4 Å². The van der Waals surface area contributed by atoms with E-state index >= 15 is 0 Å². The Morgan fingerprint density at radius 3 is 1.31 bits per heavy atom. The third-order valence-corrected chi connectivity index (χ3v) is 5.50. The van der Waals surface area contributed by atoms with E-state index < -0.39 is 24.4 Å². The molecular formula is C20H20N6O4S2. The van der Waals surface area contributed by atoms with Crippen molar-refractivity contribution < 1.29 is 20.4 Å². The van der Waals surface area contributed by atoms with Gasteiger partial charge in [-0.2, -0.15) is 10.2 Å². The molecule has 6 N–H and O–H groups in total. The van der Waals surface area contributed by atoms with Crippen molar-refractivity contribution >= 4 is 24.4 Å². The summed E-state index contributed by atoms with van der Waals surface area (Å²) >= 11 is 10.5. The molecule has 0 saturated carbocycles. The van der Waals surface area contributed by atoms with Crippen molar-refractivity contribution in [1.82, 2.24) is 29.5 Å². The Bertz CT molecular complexity index is 1200. The molecule has 32 heavy (non-hydrogen) atoms. The highest BCUT2D eigenvalue weighted by molar-refractivity contribution is 7.71. The average molecular weight is 473 g/mol. The molecule has 10 nitrogen and oxygen atoms in total. The van der Waals surface area contributed by atoms with E-state index in [1.807, 2.05) is 12.1 Å². The third-order valence-electron chi connectivity index (χ3n) is 4.95. The van der Waals surface area contributed by atoms with Gasteiger partial charge in [-0.15, -0.1) is 0 Å². The Morgan fingerprint density at radius 1 is 0.625 bits per heavy atom. The number of hydrogen-bond donors (Lipinski definition) is 6. The Kier molecular flexibility index (Phi) is 6.41. The highest BCUT2D eigenvalue weighted by Crippen LogP contribution is 2.27. The molecule has 4 aromatic rings. The monoisotopic (exact) mass is 472 g/mol. The van der Waals surface area contributed by atoms with Gasteiger partial charge in [0, 0.05) is 11.4 Å². The molecule has 2 aromatic carbocycles. The lowest BCUT2D eigenvalue weighted by Crippen LogP contribution is -2.38. The molecule has 0 bridgehead atoms. The molecule has 0 aliphatic carbocycles. The maximum Gasteiger partial charge on any atom is 0.199 e. The average Bonchev–Trinajstić information content (AvgIpc) is 3.40. The van der Waals surface area contributed by atoms with Gasteiger partial charge in [0.15, 0.2) is 21.2 Å². The van der Waals surface area contributed by atoms with E-state index in [-0.39, 0.29) is 21.2 Å². The number of nitrogens with one attached hydrogen (secondary N) is 2. The Labute approximate surface area is 192 Å². The highest BCUT2D eigenvalue weighted by atomic mass is 32.1. The minimum atomic E-state index is -1.83. The summed E-state index contributed by atoms with van der Waals surface area (Å²) in [6.07, 6.45) is -7.01. The van der Waals surface area contributed by atoms with Gasteiger partial charge in [0.1, 0.15) is 24.4 Å². The quantitative estimate of drug-likeness (QED) is 0.223. The number of nitrogens with zero attached hydrogens (tertiary/aromatic N) is 4. The van der Waals surface area contributed by atoms with Crippen molar-refractivity contribution in [3.63, 3.8) is 0 Å². The normalized spacial score (nSPS) is 15.2. The van der Waals surface area contributed by atoms with Gasteiger partial charge >= 0.3 is 0 Å². The molecular weight excluding hydrogens is 452 g/mol. The summed E-state index contributed by atoms with van der Waals surface area (Å²) in [5.41, 5.74) is 1.21. The highest BCUT2D eigenvalue weighted by Gasteiger charge is 2.37. The smallest absolute Gasteiger partial charge is 0.199 e. The van der Waals surface area contributed by atoms with Crippen LogP contribution >= 0.6 is 24.4 Å². The number of aromatic amines is 2. The van der Waals surface area contributed by atoms with E-state index in [1.54, 1.807) is 48.5 Å². The number of rotatable bonds is 7. The Hall–Kier alpha value is -3.00. The molecule has 0 aliphatic heterocycles. The number of hydrogen-bond acceptors (Lipinski definition) is 8. The van der Waals surface area contributed by atoms with Gasteiger partial charge in [0.2, 0.25) is 0 Å². The first-order chi connectivity index (χ1) is 15.4. The van der Waals surface area contributed by atoms with E-state index in [0.29, 0.717) is 11.4 Å². The number of aliphatic hydroxyl groups excluding tert-OH is 4. The molecule has 0 amide bonds. The van der Waals surface area contributed by atoms with Crippen LogP contribution in [0.25, 0.3) is 11.4 Å². The summed E-state index contributed by atoms with van der Waals surface area (Å²) in [5.74, 6) is -0.0521. The van der Waals surface area contributed by atoms with Crippen molar-refractivity contribution in [3.8, 4) is 11.4 Å². The van der Waals surface area contributed by atoms with Crippen LogP contribution in [0.15, 0.2) is 60.7 Å². The zero-order chi connectivity index (χ0) is 22.8. The summed E-state index contributed by atoms with van der Waals surface area (Å²) in [6.45, 7) is 0. The molecule has 166 valence electrons. The molecule has 0 saturated heterocycles. The number of H-pyrrole nitrogens is 2. The summed E-state index contributed by atoms with van der Waals surface area (Å²) < 4.78 is 3.25. The van der Waals surface area contributed by atoms with Gasteiger partial charge in [-0.05, 0) is 48.7 Å². The predicted molar refractivity (Wildman–Crippen MR) is 119 cm³/mol. The minimum absolute atomic E-state index is 0.0260. The first kappa shape index (κ1) is 22.2. The van der Waals surface area contributed by atoms with Gasteiger partial charge in [0.05, 0.1) is 0 Å². The van der Waals surface area contributed by atoms with Crippen molar-refractivity contribution in [3.05, 3.63) is 81.9 Å². The standard InChI is InChI=1S/C20H20N6O4S2/c27-13(15(29)17-21-23-19(31)25(17)11-7-3-1-4-8-11)14(28)16(30)18-22-24-20(32)26(18)12-9-5-2-6-10-12/h1-10,13-16,27-30H,(H,23,31)(H,24,32)/t13-,14+,15+,16-. The summed E-state index contributed by atoms with van der Waals surface area (Å²) in [7, 11) is 0. The third kappa shape index (κ3) is 4.07. The van der Waals surface area contributed by atoms with E-state index in [9.17, 15) is 20.4 Å². The molecule has 12 heteroatoms. The zero-order valence-electron chi connectivity index (χ0n) is 16.5. The summed E-state index contributed by atoms with van der Waals surface area (Å²) in [5, 5.41) is 56.1. The van der Waals surface area contributed by atoms with Crippen molar-refractivity contribution in [1.29, 1.82) is 0 Å². The molecule has 4 rings (SSSR count). The SMILES string of the molecule is O[C@H]([C@H](O)[C@@H](O)c1n[nH]c(=S)n1-c1ccccc1)[C@H](O)c1n[nH]c(=S)n1-c1ccccc1. The predicted octanol–water partition coefficient (Wildman–Crippen LogP) is 1.66. The fourth-order valence-corrected chi connectivity index (χ4v) is 3.84. The zero-order valence-corrected chi connectivity index (χ0v) is 18.1. The van der Waals surface area contributed by atoms with Gasteiger partial charge in [0.25, 0.3) is 0 Å². The lowest BCUT2D eigenvalue weighted by molar-refractivity contribution is -0.112. The van der Waals surface area contributed by atoms with Crippen LogP contribution in [0.3, 0.4) is 0 Å². The van der Waals surface area contributed by atoms with Crippen LogP contribution in [0.5, 0.6) is 0 Å². The maximum absolute atomic E-state index is 10.8. The first-order valence-corrected chi connectivity index (χ1v) is 10.4. The largest absolute Gasteiger partial charge is 0.387 e. The Balaban J connectivity index is 1.64. The van der Waals surface area contributed by atoms with Gasteiger partial charge in [-0.25, -0.2) is 0 Å². The topological polar surface area (TPSA) is 148 Å². The van der Waals surface area contributed by atoms with Gasteiger partial charge in [-0.3, -0.25) is 19.3 Å². The molecule has 0 spiro atoms. The molecule has 0 radical (unpaired) electrons. The van der Waals surface area contributed by atoms with E-state index in [0.717, 1.165) is 0 Å². The molecule has 2 aromatic heterocycles. The second-order valence-electron chi connectivity index (χ2n) is 6.99. The number of benzene rings is 2. The van der Waals surface area contributed by atoms with E-state index in [4.69, 9.17) is 24.4 Å². The molecule has 0 fully saturated rings. The van der Waals surface area contributed by atoms with E-state index in [2.05, 4.69) is 20.4 Å². The number of aliphatic hydroxyl groups is 4. The van der Waals surface area contributed by atoms with Crippen LogP contribution in [-0.2, 0) is 0 Å². The van der Waals surface area contributed by atoms with Crippen LogP contribution in [-0.4, -0.2) is 62.2 Å². The number of para-hydroxylation sites is 2.